The number of carbonyl (C=O) groups excluding carboxylic acids is 2. The molecule has 184 valence electrons. The van der Waals surface area contributed by atoms with E-state index in [2.05, 4.69) is 62.1 Å². The number of nitrogens with zero attached hydrogens (tertiary/aromatic N) is 3. The van der Waals surface area contributed by atoms with Crippen LogP contribution in [-0.4, -0.2) is 32.3 Å². The van der Waals surface area contributed by atoms with Crippen LogP contribution in [0.5, 0.6) is 0 Å². The van der Waals surface area contributed by atoms with Gasteiger partial charge >= 0.3 is 0 Å². The molecule has 1 aliphatic rings. The fourth-order valence-corrected chi connectivity index (χ4v) is 4.13. The van der Waals surface area contributed by atoms with E-state index < -0.39 is 5.54 Å². The Bertz CT molecular complexity index is 994. The van der Waals surface area contributed by atoms with Gasteiger partial charge in [-0.2, -0.15) is 0 Å². The molecule has 0 aromatic carbocycles. The number of carbonyl (C=O) groups is 2. The molecule has 2 amide bonds. The van der Waals surface area contributed by atoms with Crippen molar-refractivity contribution < 1.29 is 9.59 Å². The lowest BCUT2D eigenvalue weighted by atomic mass is 9.80. The predicted octanol–water partition coefficient (Wildman–Crippen LogP) is 4.52. The second-order valence-corrected chi connectivity index (χ2v) is 11.6. The van der Waals surface area contributed by atoms with Gasteiger partial charge in [-0.05, 0) is 31.9 Å². The zero-order valence-corrected chi connectivity index (χ0v) is 21.7. The third kappa shape index (κ3) is 6.19. The summed E-state index contributed by atoms with van der Waals surface area (Å²) in [5.41, 5.74) is 2.46. The average molecular weight is 466 g/mol. The summed E-state index contributed by atoms with van der Waals surface area (Å²) in [6, 6.07) is 3.72. The van der Waals surface area contributed by atoms with Gasteiger partial charge in [0.05, 0.1) is 24.1 Å². The second kappa shape index (κ2) is 9.80. The molecule has 1 fully saturated rings. The Morgan fingerprint density at radius 3 is 2.00 bits per heavy atom. The van der Waals surface area contributed by atoms with Gasteiger partial charge in [0.2, 0.25) is 5.91 Å². The number of aryl methyl sites for hydroxylation is 1. The minimum Gasteiger partial charge on any atom is -0.348 e. The van der Waals surface area contributed by atoms with Crippen molar-refractivity contribution in [2.24, 2.45) is 0 Å². The highest BCUT2D eigenvalue weighted by Gasteiger charge is 2.41. The van der Waals surface area contributed by atoms with E-state index in [0.717, 1.165) is 36.3 Å². The second-order valence-electron chi connectivity index (χ2n) is 11.6. The summed E-state index contributed by atoms with van der Waals surface area (Å²) in [7, 11) is 0. The van der Waals surface area contributed by atoms with E-state index in [4.69, 9.17) is 4.98 Å². The van der Waals surface area contributed by atoms with E-state index in [-0.39, 0.29) is 29.2 Å². The monoisotopic (exact) mass is 465 g/mol. The summed E-state index contributed by atoms with van der Waals surface area (Å²) in [5, 5.41) is 6.12. The first-order valence-corrected chi connectivity index (χ1v) is 12.2. The van der Waals surface area contributed by atoms with Crippen molar-refractivity contribution in [3.05, 3.63) is 52.9 Å². The van der Waals surface area contributed by atoms with Gasteiger partial charge in [0, 0.05) is 34.0 Å². The smallest absolute Gasteiger partial charge is 0.252 e. The lowest BCUT2D eigenvalue weighted by Gasteiger charge is -2.36. The SMILES string of the molecule is Cc1cnc(CNC(=O)C2(NC(=O)c3cc(C(C)(C)C)nc(C(C)(C)C)c3)CCCCC2)cn1. The molecule has 0 spiro atoms. The van der Waals surface area contributed by atoms with E-state index in [0.29, 0.717) is 24.1 Å². The number of aromatic nitrogens is 3. The van der Waals surface area contributed by atoms with Crippen molar-refractivity contribution in [2.75, 3.05) is 0 Å². The van der Waals surface area contributed by atoms with Gasteiger partial charge in [-0.1, -0.05) is 60.8 Å². The van der Waals surface area contributed by atoms with Gasteiger partial charge < -0.3 is 10.6 Å². The van der Waals surface area contributed by atoms with Crippen LogP contribution in [0.15, 0.2) is 24.5 Å². The van der Waals surface area contributed by atoms with Gasteiger partial charge in [0.1, 0.15) is 5.54 Å². The van der Waals surface area contributed by atoms with Crippen molar-refractivity contribution in [3.8, 4) is 0 Å². The maximum Gasteiger partial charge on any atom is 0.252 e. The minimum absolute atomic E-state index is 0.163. The van der Waals surface area contributed by atoms with E-state index in [1.807, 2.05) is 19.1 Å². The van der Waals surface area contributed by atoms with Crippen molar-refractivity contribution in [3.63, 3.8) is 0 Å². The third-order valence-corrected chi connectivity index (χ3v) is 6.38. The van der Waals surface area contributed by atoms with Gasteiger partial charge in [0.25, 0.3) is 5.91 Å². The largest absolute Gasteiger partial charge is 0.348 e. The molecule has 1 aliphatic carbocycles. The van der Waals surface area contributed by atoms with Crippen LogP contribution < -0.4 is 10.6 Å². The van der Waals surface area contributed by atoms with Crippen LogP contribution in [0.1, 0.15) is 107 Å². The number of nitrogens with one attached hydrogen (secondary N) is 2. The van der Waals surface area contributed by atoms with Gasteiger partial charge in [-0.3, -0.25) is 24.5 Å². The van der Waals surface area contributed by atoms with Crippen LogP contribution in [0.4, 0.5) is 0 Å². The summed E-state index contributed by atoms with van der Waals surface area (Å²) < 4.78 is 0. The lowest BCUT2D eigenvalue weighted by molar-refractivity contribution is -0.128. The van der Waals surface area contributed by atoms with Gasteiger partial charge in [-0.15, -0.1) is 0 Å². The predicted molar refractivity (Wildman–Crippen MR) is 134 cm³/mol. The molecule has 2 aromatic heterocycles. The topological polar surface area (TPSA) is 96.9 Å². The molecule has 0 aliphatic heterocycles. The van der Waals surface area contributed by atoms with Crippen LogP contribution in [0.25, 0.3) is 0 Å². The standard InChI is InChI=1S/C27H39N5O2/c1-18-15-29-20(16-28-18)17-30-24(34)27(11-9-8-10-12-27)32-23(33)19-13-21(25(2,3)4)31-22(14-19)26(5,6)7/h13-16H,8-12,17H2,1-7H3,(H,30,34)(H,32,33). The third-order valence-electron chi connectivity index (χ3n) is 6.38. The number of hydrogen-bond donors (Lipinski definition) is 2. The Hall–Kier alpha value is -2.83. The minimum atomic E-state index is -0.930. The molecule has 2 aromatic rings. The van der Waals surface area contributed by atoms with E-state index in [1.165, 1.54) is 0 Å². The fraction of sp³-hybridized carbons (Fsp3) is 0.593. The normalized spacial score (nSPS) is 16.1. The first-order chi connectivity index (χ1) is 15.8. The van der Waals surface area contributed by atoms with Crippen LogP contribution in [0, 0.1) is 6.92 Å². The molecule has 34 heavy (non-hydrogen) atoms. The van der Waals surface area contributed by atoms with Crippen molar-refractivity contribution in [1.82, 2.24) is 25.6 Å². The zero-order valence-electron chi connectivity index (χ0n) is 21.7. The van der Waals surface area contributed by atoms with E-state index >= 15 is 0 Å². The van der Waals surface area contributed by atoms with Crippen LogP contribution in [0.3, 0.4) is 0 Å². The molecule has 7 nitrogen and oxygen atoms in total. The van der Waals surface area contributed by atoms with Gasteiger partial charge in [-0.25, -0.2) is 0 Å². The molecule has 0 atom stereocenters. The quantitative estimate of drug-likeness (QED) is 0.676. The highest BCUT2D eigenvalue weighted by molar-refractivity contribution is 5.99. The molecule has 3 rings (SSSR count). The molecule has 2 N–H and O–H groups in total. The molecule has 1 saturated carbocycles. The summed E-state index contributed by atoms with van der Waals surface area (Å²) >= 11 is 0. The number of hydrogen-bond acceptors (Lipinski definition) is 5. The van der Waals surface area contributed by atoms with Crippen molar-refractivity contribution in [2.45, 2.75) is 103 Å². The fourth-order valence-electron chi connectivity index (χ4n) is 4.13. The molecule has 2 heterocycles. The zero-order chi connectivity index (χ0) is 25.1. The molecule has 0 radical (unpaired) electrons. The summed E-state index contributed by atoms with van der Waals surface area (Å²) in [6.07, 6.45) is 7.44. The Morgan fingerprint density at radius 2 is 1.50 bits per heavy atom. The molecular formula is C27H39N5O2. The van der Waals surface area contributed by atoms with Crippen molar-refractivity contribution >= 4 is 11.8 Å². The first-order valence-electron chi connectivity index (χ1n) is 12.2. The Kier molecular flexibility index (Phi) is 7.44. The molecule has 7 heteroatoms. The Morgan fingerprint density at radius 1 is 0.912 bits per heavy atom. The number of pyridine rings is 1. The van der Waals surface area contributed by atoms with E-state index in [1.54, 1.807) is 12.4 Å². The number of rotatable bonds is 5. The van der Waals surface area contributed by atoms with E-state index in [9.17, 15) is 9.59 Å². The van der Waals surface area contributed by atoms with Gasteiger partial charge in [0.15, 0.2) is 0 Å². The summed E-state index contributed by atoms with van der Waals surface area (Å²) in [4.78, 5) is 40.4. The summed E-state index contributed by atoms with van der Waals surface area (Å²) in [5.74, 6) is -0.394. The van der Waals surface area contributed by atoms with Crippen molar-refractivity contribution in [1.29, 1.82) is 0 Å². The lowest BCUT2D eigenvalue weighted by Crippen LogP contribution is -2.59. The molecular weight excluding hydrogens is 426 g/mol. The molecule has 0 saturated heterocycles. The highest BCUT2D eigenvalue weighted by atomic mass is 16.2. The first kappa shape index (κ1) is 25.8. The molecule has 0 unspecified atom stereocenters. The average Bonchev–Trinajstić information content (AvgIpc) is 2.77. The maximum atomic E-state index is 13.6. The van der Waals surface area contributed by atoms with Crippen LogP contribution in [-0.2, 0) is 22.2 Å². The molecule has 0 bridgehead atoms. The highest BCUT2D eigenvalue weighted by Crippen LogP contribution is 2.31. The van der Waals surface area contributed by atoms with Crippen LogP contribution in [0.2, 0.25) is 0 Å². The Balaban J connectivity index is 1.86. The Labute approximate surface area is 203 Å². The summed E-state index contributed by atoms with van der Waals surface area (Å²) in [6.45, 7) is 14.7. The maximum absolute atomic E-state index is 13.6. The number of amides is 2. The van der Waals surface area contributed by atoms with Crippen LogP contribution >= 0.6 is 0 Å².